The maximum absolute atomic E-state index is 11.9. The van der Waals surface area contributed by atoms with Crippen LogP contribution in [-0.2, 0) is 6.54 Å². The Morgan fingerprint density at radius 2 is 1.63 bits per heavy atom. The molecule has 3 N–H and O–H groups in total. The lowest BCUT2D eigenvalue weighted by atomic mass is 10.1. The van der Waals surface area contributed by atoms with Gasteiger partial charge in [0.1, 0.15) is 17.1 Å². The molecule has 0 aromatic heterocycles. The Morgan fingerprint density at radius 3 is 2.21 bits per heavy atom. The minimum atomic E-state index is -0.537. The number of phenolic OH excluding ortho intramolecular Hbond substituents is 2. The summed E-state index contributed by atoms with van der Waals surface area (Å²) >= 11 is 5.76. The molecule has 0 atom stereocenters. The number of aromatic hydroxyl groups is 2. The van der Waals surface area contributed by atoms with Crippen LogP contribution in [0, 0.1) is 0 Å². The topological polar surface area (TPSA) is 69.6 Å². The Labute approximate surface area is 115 Å². The van der Waals surface area contributed by atoms with Gasteiger partial charge in [-0.25, -0.2) is 0 Å². The number of phenols is 2. The first-order valence-corrected chi connectivity index (χ1v) is 5.99. The maximum Gasteiger partial charge on any atom is 0.259 e. The summed E-state index contributed by atoms with van der Waals surface area (Å²) in [6, 6.07) is 11.2. The molecule has 0 aliphatic rings. The highest BCUT2D eigenvalue weighted by Crippen LogP contribution is 2.25. The van der Waals surface area contributed by atoms with E-state index >= 15 is 0 Å². The molecule has 4 nitrogen and oxygen atoms in total. The summed E-state index contributed by atoms with van der Waals surface area (Å²) in [4.78, 5) is 11.9. The van der Waals surface area contributed by atoms with Crippen LogP contribution in [0.2, 0.25) is 5.02 Å². The fourth-order valence-corrected chi connectivity index (χ4v) is 1.76. The summed E-state index contributed by atoms with van der Waals surface area (Å²) in [6.07, 6.45) is 0. The van der Waals surface area contributed by atoms with Crippen molar-refractivity contribution in [2.75, 3.05) is 0 Å². The highest BCUT2D eigenvalue weighted by molar-refractivity contribution is 6.30. The average molecular weight is 278 g/mol. The number of carbonyl (C=O) groups is 1. The third-order valence-corrected chi connectivity index (χ3v) is 2.87. The molecule has 0 saturated heterocycles. The number of rotatable bonds is 3. The Bertz CT molecular complexity index is 576. The monoisotopic (exact) mass is 277 g/mol. The second kappa shape index (κ2) is 5.63. The number of amides is 1. The van der Waals surface area contributed by atoms with Crippen LogP contribution in [0.3, 0.4) is 0 Å². The Kier molecular flexibility index (Phi) is 3.92. The van der Waals surface area contributed by atoms with E-state index in [4.69, 9.17) is 11.6 Å². The SMILES string of the molecule is O=C(NCc1ccc(Cl)cc1)c1c(O)cccc1O. The minimum absolute atomic E-state index is 0.128. The van der Waals surface area contributed by atoms with Crippen LogP contribution in [-0.4, -0.2) is 16.1 Å². The average Bonchev–Trinajstić information content (AvgIpc) is 2.38. The number of hydrogen-bond acceptors (Lipinski definition) is 3. The fourth-order valence-electron chi connectivity index (χ4n) is 1.63. The van der Waals surface area contributed by atoms with Gasteiger partial charge in [-0.05, 0) is 29.8 Å². The quantitative estimate of drug-likeness (QED) is 0.808. The summed E-state index contributed by atoms with van der Waals surface area (Å²) in [5.41, 5.74) is 0.740. The third-order valence-electron chi connectivity index (χ3n) is 2.61. The zero-order chi connectivity index (χ0) is 13.8. The van der Waals surface area contributed by atoms with E-state index in [-0.39, 0.29) is 23.6 Å². The van der Waals surface area contributed by atoms with Crippen molar-refractivity contribution in [3.63, 3.8) is 0 Å². The number of hydrogen-bond donors (Lipinski definition) is 3. The zero-order valence-electron chi connectivity index (χ0n) is 9.93. The molecule has 0 radical (unpaired) electrons. The van der Waals surface area contributed by atoms with Crippen molar-refractivity contribution >= 4 is 17.5 Å². The van der Waals surface area contributed by atoms with Gasteiger partial charge >= 0.3 is 0 Å². The Hall–Kier alpha value is -2.20. The van der Waals surface area contributed by atoms with Crippen LogP contribution in [0.1, 0.15) is 15.9 Å². The first-order valence-electron chi connectivity index (χ1n) is 5.61. The summed E-state index contributed by atoms with van der Waals surface area (Å²) in [5.74, 6) is -1.05. The van der Waals surface area contributed by atoms with Crippen molar-refractivity contribution in [2.45, 2.75) is 6.54 Å². The van der Waals surface area contributed by atoms with E-state index in [1.165, 1.54) is 18.2 Å². The van der Waals surface area contributed by atoms with E-state index in [1.54, 1.807) is 24.3 Å². The zero-order valence-corrected chi connectivity index (χ0v) is 10.7. The first kappa shape index (κ1) is 13.2. The van der Waals surface area contributed by atoms with Crippen LogP contribution in [0.5, 0.6) is 11.5 Å². The van der Waals surface area contributed by atoms with Crippen LogP contribution in [0.15, 0.2) is 42.5 Å². The molecule has 2 rings (SSSR count). The number of carbonyl (C=O) groups excluding carboxylic acids is 1. The number of benzene rings is 2. The molecule has 5 heteroatoms. The van der Waals surface area contributed by atoms with Crippen molar-refractivity contribution in [3.05, 3.63) is 58.6 Å². The normalized spacial score (nSPS) is 10.2. The predicted octanol–water partition coefficient (Wildman–Crippen LogP) is 2.68. The maximum atomic E-state index is 11.9. The van der Waals surface area contributed by atoms with E-state index in [1.807, 2.05) is 0 Å². The van der Waals surface area contributed by atoms with Crippen molar-refractivity contribution in [1.82, 2.24) is 5.32 Å². The lowest BCUT2D eigenvalue weighted by Gasteiger charge is -2.08. The molecule has 0 aliphatic heterocycles. The first-order chi connectivity index (χ1) is 9.08. The standard InChI is InChI=1S/C14H12ClNO3/c15-10-6-4-9(5-7-10)8-16-14(19)13-11(17)2-1-3-12(13)18/h1-7,17-18H,8H2,(H,16,19). The van der Waals surface area contributed by atoms with Gasteiger partial charge in [0.15, 0.2) is 0 Å². The van der Waals surface area contributed by atoms with Crippen LogP contribution >= 0.6 is 11.6 Å². The summed E-state index contributed by atoms with van der Waals surface area (Å²) in [5, 5.41) is 22.3. The molecular formula is C14H12ClNO3. The Morgan fingerprint density at radius 1 is 1.05 bits per heavy atom. The number of halogens is 1. The molecule has 2 aromatic carbocycles. The second-order valence-corrected chi connectivity index (χ2v) is 4.42. The van der Waals surface area contributed by atoms with Gasteiger partial charge < -0.3 is 15.5 Å². The van der Waals surface area contributed by atoms with Gasteiger partial charge in [-0.15, -0.1) is 0 Å². The second-order valence-electron chi connectivity index (χ2n) is 3.98. The van der Waals surface area contributed by atoms with Crippen molar-refractivity contribution in [2.24, 2.45) is 0 Å². The van der Waals surface area contributed by atoms with E-state index in [2.05, 4.69) is 5.32 Å². The molecule has 0 heterocycles. The van der Waals surface area contributed by atoms with Crippen LogP contribution in [0.4, 0.5) is 0 Å². The third kappa shape index (κ3) is 3.17. The molecule has 2 aromatic rings. The van der Waals surface area contributed by atoms with Gasteiger partial charge in [-0.3, -0.25) is 4.79 Å². The van der Waals surface area contributed by atoms with Crippen molar-refractivity contribution in [3.8, 4) is 11.5 Å². The molecule has 0 spiro atoms. The van der Waals surface area contributed by atoms with E-state index in [0.29, 0.717) is 5.02 Å². The summed E-state index contributed by atoms with van der Waals surface area (Å²) in [7, 11) is 0. The predicted molar refractivity (Wildman–Crippen MR) is 72.4 cm³/mol. The van der Waals surface area contributed by atoms with Crippen molar-refractivity contribution in [1.29, 1.82) is 0 Å². The van der Waals surface area contributed by atoms with Gasteiger partial charge in [-0.2, -0.15) is 0 Å². The minimum Gasteiger partial charge on any atom is -0.507 e. The summed E-state index contributed by atoms with van der Waals surface area (Å²) < 4.78 is 0. The van der Waals surface area contributed by atoms with Crippen molar-refractivity contribution < 1.29 is 15.0 Å². The van der Waals surface area contributed by atoms with Gasteiger partial charge in [0.05, 0.1) is 0 Å². The molecule has 98 valence electrons. The Balaban J connectivity index is 2.07. The largest absolute Gasteiger partial charge is 0.507 e. The lowest BCUT2D eigenvalue weighted by molar-refractivity contribution is 0.0945. The van der Waals surface area contributed by atoms with Crippen LogP contribution in [0.25, 0.3) is 0 Å². The molecule has 19 heavy (non-hydrogen) atoms. The van der Waals surface area contributed by atoms with Gasteiger partial charge in [0, 0.05) is 11.6 Å². The van der Waals surface area contributed by atoms with Crippen LogP contribution < -0.4 is 5.32 Å². The lowest BCUT2D eigenvalue weighted by Crippen LogP contribution is -2.22. The summed E-state index contributed by atoms with van der Waals surface area (Å²) in [6.45, 7) is 0.282. The molecular weight excluding hydrogens is 266 g/mol. The highest BCUT2D eigenvalue weighted by atomic mass is 35.5. The number of nitrogens with one attached hydrogen (secondary N) is 1. The fraction of sp³-hybridized carbons (Fsp3) is 0.0714. The van der Waals surface area contributed by atoms with E-state index in [0.717, 1.165) is 5.56 Å². The smallest absolute Gasteiger partial charge is 0.259 e. The molecule has 1 amide bonds. The molecule has 0 aliphatic carbocycles. The van der Waals surface area contributed by atoms with E-state index in [9.17, 15) is 15.0 Å². The highest BCUT2D eigenvalue weighted by Gasteiger charge is 2.15. The van der Waals surface area contributed by atoms with Gasteiger partial charge in [0.2, 0.25) is 0 Å². The molecule has 0 unspecified atom stereocenters. The van der Waals surface area contributed by atoms with Gasteiger partial charge in [0.25, 0.3) is 5.91 Å². The van der Waals surface area contributed by atoms with Gasteiger partial charge in [-0.1, -0.05) is 29.8 Å². The molecule has 0 saturated carbocycles. The van der Waals surface area contributed by atoms with E-state index < -0.39 is 5.91 Å². The molecule has 0 bridgehead atoms. The molecule has 0 fully saturated rings.